The predicted molar refractivity (Wildman–Crippen MR) is 68.7 cm³/mol. The Morgan fingerprint density at radius 2 is 2.06 bits per heavy atom. The maximum Gasteiger partial charge on any atom is 0.418 e. The molecule has 0 fully saturated rings. The van der Waals surface area contributed by atoms with Gasteiger partial charge < -0.3 is 10.1 Å². The van der Waals surface area contributed by atoms with Crippen LogP contribution in [0.3, 0.4) is 0 Å². The summed E-state index contributed by atoms with van der Waals surface area (Å²) in [5, 5.41) is 2.82. The first kappa shape index (κ1) is 15.3. The zero-order valence-electron chi connectivity index (χ0n) is 10.1. The summed E-state index contributed by atoms with van der Waals surface area (Å²) in [5.41, 5.74) is -0.613. The molecule has 1 atom stereocenters. The van der Waals surface area contributed by atoms with Gasteiger partial charge in [-0.3, -0.25) is 0 Å². The van der Waals surface area contributed by atoms with Gasteiger partial charge in [0.25, 0.3) is 0 Å². The van der Waals surface area contributed by atoms with Crippen molar-refractivity contribution < 1.29 is 17.9 Å². The zero-order chi connectivity index (χ0) is 13.8. The highest BCUT2D eigenvalue weighted by Crippen LogP contribution is 2.36. The third-order valence-electron chi connectivity index (χ3n) is 2.26. The second kappa shape index (κ2) is 6.43. The van der Waals surface area contributed by atoms with E-state index >= 15 is 0 Å². The minimum absolute atomic E-state index is 0.0593. The van der Waals surface area contributed by atoms with Gasteiger partial charge in [0.2, 0.25) is 0 Å². The fourth-order valence-corrected chi connectivity index (χ4v) is 1.85. The van der Waals surface area contributed by atoms with Crippen molar-refractivity contribution in [2.45, 2.75) is 26.1 Å². The van der Waals surface area contributed by atoms with Crippen LogP contribution in [-0.2, 0) is 10.9 Å². The van der Waals surface area contributed by atoms with E-state index < -0.39 is 11.7 Å². The Morgan fingerprint density at radius 1 is 1.39 bits per heavy atom. The topological polar surface area (TPSA) is 21.3 Å². The molecule has 0 bridgehead atoms. The van der Waals surface area contributed by atoms with Crippen LogP contribution in [0, 0.1) is 0 Å². The standard InChI is InChI=1S/C12H15BrF3NO/c1-3-18-7-8(2)17-11-6-9(13)4-5-10(11)12(14,15)16/h4-6,8,17H,3,7H2,1-2H3. The molecule has 0 radical (unpaired) electrons. The first-order valence-corrected chi connectivity index (χ1v) is 6.35. The fourth-order valence-electron chi connectivity index (χ4n) is 1.48. The van der Waals surface area contributed by atoms with E-state index in [1.165, 1.54) is 12.1 Å². The van der Waals surface area contributed by atoms with Crippen LogP contribution in [0.5, 0.6) is 0 Å². The van der Waals surface area contributed by atoms with Crippen LogP contribution >= 0.6 is 15.9 Å². The number of hydrogen-bond acceptors (Lipinski definition) is 2. The molecule has 1 rings (SSSR count). The predicted octanol–water partition coefficient (Wildman–Crippen LogP) is 4.30. The average molecular weight is 326 g/mol. The highest BCUT2D eigenvalue weighted by molar-refractivity contribution is 9.10. The number of anilines is 1. The van der Waals surface area contributed by atoms with Gasteiger partial charge in [0.1, 0.15) is 0 Å². The van der Waals surface area contributed by atoms with Crippen molar-refractivity contribution >= 4 is 21.6 Å². The summed E-state index contributed by atoms with van der Waals surface area (Å²) in [6.07, 6.45) is -4.37. The summed E-state index contributed by atoms with van der Waals surface area (Å²) in [6.45, 7) is 4.51. The van der Waals surface area contributed by atoms with Crippen LogP contribution in [0.15, 0.2) is 22.7 Å². The molecule has 1 N–H and O–H groups in total. The maximum absolute atomic E-state index is 12.8. The van der Waals surface area contributed by atoms with Crippen molar-refractivity contribution in [2.75, 3.05) is 18.5 Å². The number of hydrogen-bond donors (Lipinski definition) is 1. The first-order valence-electron chi connectivity index (χ1n) is 5.55. The fraction of sp³-hybridized carbons (Fsp3) is 0.500. The Balaban J connectivity index is 2.89. The van der Waals surface area contributed by atoms with Crippen LogP contribution in [-0.4, -0.2) is 19.3 Å². The van der Waals surface area contributed by atoms with Crippen LogP contribution in [0.2, 0.25) is 0 Å². The lowest BCUT2D eigenvalue weighted by Crippen LogP contribution is -2.23. The average Bonchev–Trinajstić information content (AvgIpc) is 2.24. The number of alkyl halides is 3. The molecule has 0 aliphatic rings. The molecular weight excluding hydrogens is 311 g/mol. The molecule has 18 heavy (non-hydrogen) atoms. The van der Waals surface area contributed by atoms with Gasteiger partial charge in [0.05, 0.1) is 12.2 Å². The Bertz CT molecular complexity index is 395. The number of rotatable bonds is 5. The summed E-state index contributed by atoms with van der Waals surface area (Å²) in [5.74, 6) is 0. The molecule has 1 unspecified atom stereocenters. The molecule has 0 amide bonds. The SMILES string of the molecule is CCOCC(C)Nc1cc(Br)ccc1C(F)(F)F. The monoisotopic (exact) mass is 325 g/mol. The molecule has 0 saturated heterocycles. The van der Waals surface area contributed by atoms with Gasteiger partial charge in [0, 0.05) is 22.8 Å². The van der Waals surface area contributed by atoms with Gasteiger partial charge in [0.15, 0.2) is 0 Å². The van der Waals surface area contributed by atoms with E-state index in [4.69, 9.17) is 4.74 Å². The largest absolute Gasteiger partial charge is 0.418 e. The summed E-state index contributed by atoms with van der Waals surface area (Å²) in [6, 6.07) is 3.66. The molecule has 0 saturated carbocycles. The van der Waals surface area contributed by atoms with Crippen molar-refractivity contribution in [3.8, 4) is 0 Å². The molecule has 0 aliphatic heterocycles. The van der Waals surface area contributed by atoms with Crippen molar-refractivity contribution in [3.05, 3.63) is 28.2 Å². The van der Waals surface area contributed by atoms with E-state index in [1.54, 1.807) is 6.92 Å². The van der Waals surface area contributed by atoms with Crippen LogP contribution in [0.4, 0.5) is 18.9 Å². The lowest BCUT2D eigenvalue weighted by Gasteiger charge is -2.19. The zero-order valence-corrected chi connectivity index (χ0v) is 11.7. The highest BCUT2D eigenvalue weighted by atomic mass is 79.9. The maximum atomic E-state index is 12.8. The first-order chi connectivity index (χ1) is 8.34. The van der Waals surface area contributed by atoms with E-state index in [1.807, 2.05) is 6.92 Å². The molecule has 6 heteroatoms. The Kier molecular flexibility index (Phi) is 5.47. The van der Waals surface area contributed by atoms with E-state index in [0.29, 0.717) is 17.7 Å². The van der Waals surface area contributed by atoms with Gasteiger partial charge in [-0.1, -0.05) is 15.9 Å². The molecule has 0 aromatic heterocycles. The van der Waals surface area contributed by atoms with Crippen LogP contribution in [0.25, 0.3) is 0 Å². The molecule has 1 aromatic rings. The Hall–Kier alpha value is -0.750. The van der Waals surface area contributed by atoms with Gasteiger partial charge in [-0.2, -0.15) is 13.2 Å². The molecule has 1 aromatic carbocycles. The third kappa shape index (κ3) is 4.49. The third-order valence-corrected chi connectivity index (χ3v) is 2.75. The van der Waals surface area contributed by atoms with Crippen molar-refractivity contribution in [1.29, 1.82) is 0 Å². The van der Waals surface area contributed by atoms with Crippen LogP contribution < -0.4 is 5.32 Å². The summed E-state index contributed by atoms with van der Waals surface area (Å²) in [7, 11) is 0. The van der Waals surface area contributed by atoms with Crippen molar-refractivity contribution in [1.82, 2.24) is 0 Å². The van der Waals surface area contributed by atoms with Crippen molar-refractivity contribution in [2.24, 2.45) is 0 Å². The molecular formula is C12H15BrF3NO. The van der Waals surface area contributed by atoms with E-state index in [2.05, 4.69) is 21.2 Å². The summed E-state index contributed by atoms with van der Waals surface area (Å²) < 4.78 is 44.2. The molecule has 0 aliphatic carbocycles. The number of nitrogens with one attached hydrogen (secondary N) is 1. The smallest absolute Gasteiger partial charge is 0.380 e. The van der Waals surface area contributed by atoms with E-state index in [9.17, 15) is 13.2 Å². The minimum Gasteiger partial charge on any atom is -0.380 e. The number of ether oxygens (including phenoxy) is 1. The van der Waals surface area contributed by atoms with Gasteiger partial charge >= 0.3 is 6.18 Å². The lowest BCUT2D eigenvalue weighted by atomic mass is 10.1. The summed E-state index contributed by atoms with van der Waals surface area (Å²) in [4.78, 5) is 0. The second-order valence-corrected chi connectivity index (χ2v) is 4.81. The van der Waals surface area contributed by atoms with Gasteiger partial charge in [-0.25, -0.2) is 0 Å². The Morgan fingerprint density at radius 3 is 2.61 bits per heavy atom. The number of halogens is 4. The van der Waals surface area contributed by atoms with Gasteiger partial charge in [-0.15, -0.1) is 0 Å². The van der Waals surface area contributed by atoms with Crippen LogP contribution in [0.1, 0.15) is 19.4 Å². The van der Waals surface area contributed by atoms with E-state index in [0.717, 1.165) is 6.07 Å². The van der Waals surface area contributed by atoms with Gasteiger partial charge in [-0.05, 0) is 32.0 Å². The molecule has 0 spiro atoms. The number of benzene rings is 1. The second-order valence-electron chi connectivity index (χ2n) is 3.89. The molecule has 2 nitrogen and oxygen atoms in total. The highest BCUT2D eigenvalue weighted by Gasteiger charge is 2.33. The molecule has 102 valence electrons. The molecule has 0 heterocycles. The van der Waals surface area contributed by atoms with E-state index in [-0.39, 0.29) is 11.7 Å². The minimum atomic E-state index is -4.37. The lowest BCUT2D eigenvalue weighted by molar-refractivity contribution is -0.137. The quantitative estimate of drug-likeness (QED) is 0.871. The normalized spacial score (nSPS) is 13.4. The Labute approximate surface area is 113 Å². The van der Waals surface area contributed by atoms with Crippen molar-refractivity contribution in [3.63, 3.8) is 0 Å². The summed E-state index contributed by atoms with van der Waals surface area (Å²) >= 11 is 3.17.